The zero-order chi connectivity index (χ0) is 12.3. The van der Waals surface area contributed by atoms with Crippen LogP contribution < -0.4 is 5.73 Å². The predicted octanol–water partition coefficient (Wildman–Crippen LogP) is 2.20. The first-order valence-corrected chi connectivity index (χ1v) is 6.05. The third kappa shape index (κ3) is 2.89. The Balaban J connectivity index is 2.24. The van der Waals surface area contributed by atoms with E-state index in [4.69, 9.17) is 5.73 Å². The summed E-state index contributed by atoms with van der Waals surface area (Å²) in [4.78, 5) is 0. The van der Waals surface area contributed by atoms with Gasteiger partial charge in [0.05, 0.1) is 6.20 Å². The molecule has 0 aliphatic rings. The zero-order valence-corrected chi connectivity index (χ0v) is 10.7. The Morgan fingerprint density at radius 2 is 2.24 bits per heavy atom. The smallest absolute Gasteiger partial charge is 0.133 e. The lowest BCUT2D eigenvalue weighted by Crippen LogP contribution is -2.06. The number of nitrogens with zero attached hydrogens (tertiary/aromatic N) is 3. The van der Waals surface area contributed by atoms with Crippen molar-refractivity contribution in [2.24, 2.45) is 5.73 Å². The number of aromatic nitrogens is 3. The van der Waals surface area contributed by atoms with Crippen LogP contribution in [0.1, 0.15) is 6.42 Å². The van der Waals surface area contributed by atoms with Crippen LogP contribution in [0.4, 0.5) is 4.39 Å². The van der Waals surface area contributed by atoms with Crippen LogP contribution in [0.5, 0.6) is 0 Å². The predicted molar refractivity (Wildman–Crippen MR) is 66.8 cm³/mol. The molecule has 90 valence electrons. The molecule has 4 nitrogen and oxygen atoms in total. The van der Waals surface area contributed by atoms with E-state index in [1.807, 2.05) is 0 Å². The van der Waals surface area contributed by atoms with Crippen molar-refractivity contribution in [1.82, 2.24) is 15.0 Å². The maximum atomic E-state index is 13.7. The molecule has 1 heterocycles. The van der Waals surface area contributed by atoms with Crippen molar-refractivity contribution in [3.05, 3.63) is 34.7 Å². The van der Waals surface area contributed by atoms with Crippen LogP contribution in [-0.2, 0) is 6.54 Å². The van der Waals surface area contributed by atoms with Gasteiger partial charge in [-0.3, -0.25) is 4.68 Å². The van der Waals surface area contributed by atoms with Crippen molar-refractivity contribution in [2.75, 3.05) is 6.54 Å². The number of rotatable bonds is 4. The van der Waals surface area contributed by atoms with E-state index >= 15 is 0 Å². The summed E-state index contributed by atoms with van der Waals surface area (Å²) in [6.07, 6.45) is 2.55. The van der Waals surface area contributed by atoms with Crippen LogP contribution in [0.15, 0.2) is 28.9 Å². The minimum Gasteiger partial charge on any atom is -0.330 e. The van der Waals surface area contributed by atoms with E-state index in [-0.39, 0.29) is 5.82 Å². The molecule has 0 bridgehead atoms. The Bertz CT molecular complexity index is 512. The first-order valence-electron chi connectivity index (χ1n) is 5.26. The van der Waals surface area contributed by atoms with Gasteiger partial charge in [-0.2, -0.15) is 0 Å². The minimum atomic E-state index is -0.315. The molecular weight excluding hydrogens is 287 g/mol. The van der Waals surface area contributed by atoms with E-state index in [2.05, 4.69) is 26.2 Å². The quantitative estimate of drug-likeness (QED) is 0.941. The van der Waals surface area contributed by atoms with Gasteiger partial charge in [0, 0.05) is 16.6 Å². The van der Waals surface area contributed by atoms with E-state index in [9.17, 15) is 4.39 Å². The maximum absolute atomic E-state index is 13.7. The van der Waals surface area contributed by atoms with Gasteiger partial charge in [0.25, 0.3) is 0 Å². The third-order valence-corrected chi connectivity index (χ3v) is 2.83. The second-order valence-electron chi connectivity index (χ2n) is 3.63. The highest BCUT2D eigenvalue weighted by Crippen LogP contribution is 2.23. The highest BCUT2D eigenvalue weighted by Gasteiger charge is 2.09. The number of hydrogen-bond acceptors (Lipinski definition) is 3. The largest absolute Gasteiger partial charge is 0.330 e. The first-order chi connectivity index (χ1) is 8.20. The Morgan fingerprint density at radius 1 is 1.41 bits per heavy atom. The van der Waals surface area contributed by atoms with Crippen molar-refractivity contribution in [1.29, 1.82) is 0 Å². The molecule has 0 fully saturated rings. The standard InChI is InChI=1S/C11H12BrFN4/c12-8-2-3-9(10(13)6-8)11-7-17(16-15-11)5-1-4-14/h2-3,6-7H,1,4-5,14H2. The Hall–Kier alpha value is -1.27. The molecule has 0 aliphatic heterocycles. The molecule has 0 radical (unpaired) electrons. The molecular formula is C11H12BrFN4. The summed E-state index contributed by atoms with van der Waals surface area (Å²) in [6.45, 7) is 1.30. The van der Waals surface area contributed by atoms with E-state index in [1.54, 1.807) is 23.0 Å². The summed E-state index contributed by atoms with van der Waals surface area (Å²) in [5.41, 5.74) is 6.39. The van der Waals surface area contributed by atoms with Crippen LogP contribution >= 0.6 is 15.9 Å². The van der Waals surface area contributed by atoms with Gasteiger partial charge in [-0.25, -0.2) is 4.39 Å². The van der Waals surface area contributed by atoms with Crippen LogP contribution in [-0.4, -0.2) is 21.5 Å². The number of benzene rings is 1. The molecule has 0 saturated carbocycles. The molecule has 2 rings (SSSR count). The van der Waals surface area contributed by atoms with Crippen LogP contribution in [0.2, 0.25) is 0 Å². The van der Waals surface area contributed by atoms with Crippen LogP contribution in [0, 0.1) is 5.82 Å². The summed E-state index contributed by atoms with van der Waals surface area (Å²) < 4.78 is 16.0. The van der Waals surface area contributed by atoms with Crippen molar-refractivity contribution < 1.29 is 4.39 Å². The molecule has 1 aromatic carbocycles. The fourth-order valence-corrected chi connectivity index (χ4v) is 1.81. The number of aryl methyl sites for hydroxylation is 1. The molecule has 0 amide bonds. The van der Waals surface area contributed by atoms with E-state index < -0.39 is 0 Å². The summed E-state index contributed by atoms with van der Waals surface area (Å²) in [6, 6.07) is 4.86. The molecule has 2 aromatic rings. The average Bonchev–Trinajstić information content (AvgIpc) is 2.75. The normalized spacial score (nSPS) is 10.8. The van der Waals surface area contributed by atoms with Crippen molar-refractivity contribution in [3.8, 4) is 11.3 Å². The summed E-state index contributed by atoms with van der Waals surface area (Å²) in [5, 5.41) is 7.87. The maximum Gasteiger partial charge on any atom is 0.133 e. The molecule has 17 heavy (non-hydrogen) atoms. The lowest BCUT2D eigenvalue weighted by Gasteiger charge is -1.99. The van der Waals surface area contributed by atoms with Gasteiger partial charge in [0.1, 0.15) is 11.5 Å². The van der Waals surface area contributed by atoms with Crippen LogP contribution in [0.3, 0.4) is 0 Å². The van der Waals surface area contributed by atoms with Crippen molar-refractivity contribution in [2.45, 2.75) is 13.0 Å². The molecule has 0 aliphatic carbocycles. The van der Waals surface area contributed by atoms with E-state index in [0.29, 0.717) is 28.8 Å². The summed E-state index contributed by atoms with van der Waals surface area (Å²) >= 11 is 3.21. The zero-order valence-electron chi connectivity index (χ0n) is 9.11. The molecule has 0 saturated heterocycles. The van der Waals surface area contributed by atoms with Crippen molar-refractivity contribution in [3.63, 3.8) is 0 Å². The second-order valence-corrected chi connectivity index (χ2v) is 4.55. The molecule has 6 heteroatoms. The Labute approximate surface area is 107 Å². The van der Waals surface area contributed by atoms with Crippen molar-refractivity contribution >= 4 is 15.9 Å². The summed E-state index contributed by atoms with van der Waals surface area (Å²) in [7, 11) is 0. The third-order valence-electron chi connectivity index (χ3n) is 2.34. The SMILES string of the molecule is NCCCn1cc(-c2ccc(Br)cc2F)nn1. The van der Waals surface area contributed by atoms with E-state index in [1.165, 1.54) is 6.07 Å². The van der Waals surface area contributed by atoms with Crippen LogP contribution in [0.25, 0.3) is 11.3 Å². The van der Waals surface area contributed by atoms with Gasteiger partial charge >= 0.3 is 0 Å². The van der Waals surface area contributed by atoms with E-state index in [0.717, 1.165) is 6.42 Å². The Morgan fingerprint density at radius 3 is 2.94 bits per heavy atom. The number of nitrogens with two attached hydrogens (primary N) is 1. The highest BCUT2D eigenvalue weighted by atomic mass is 79.9. The molecule has 0 unspecified atom stereocenters. The Kier molecular flexibility index (Phi) is 3.86. The molecule has 2 N–H and O–H groups in total. The number of halogens is 2. The summed E-state index contributed by atoms with van der Waals surface area (Å²) in [5.74, 6) is -0.315. The molecule has 0 spiro atoms. The fraction of sp³-hybridized carbons (Fsp3) is 0.273. The van der Waals surface area contributed by atoms with Gasteiger partial charge in [-0.05, 0) is 31.2 Å². The van der Waals surface area contributed by atoms with Gasteiger partial charge in [-0.15, -0.1) is 5.10 Å². The second kappa shape index (κ2) is 5.37. The minimum absolute atomic E-state index is 0.315. The van der Waals surface area contributed by atoms with Gasteiger partial charge in [0.2, 0.25) is 0 Å². The van der Waals surface area contributed by atoms with Gasteiger partial charge in [-0.1, -0.05) is 21.1 Å². The lowest BCUT2D eigenvalue weighted by atomic mass is 10.1. The van der Waals surface area contributed by atoms with Gasteiger partial charge in [0.15, 0.2) is 0 Å². The number of hydrogen-bond donors (Lipinski definition) is 1. The molecule has 1 aromatic heterocycles. The first kappa shape index (κ1) is 12.2. The topological polar surface area (TPSA) is 56.7 Å². The average molecular weight is 299 g/mol. The fourth-order valence-electron chi connectivity index (χ4n) is 1.48. The van der Waals surface area contributed by atoms with Gasteiger partial charge < -0.3 is 5.73 Å². The lowest BCUT2D eigenvalue weighted by molar-refractivity contribution is 0.564. The molecule has 0 atom stereocenters. The monoisotopic (exact) mass is 298 g/mol. The highest BCUT2D eigenvalue weighted by molar-refractivity contribution is 9.10.